The third kappa shape index (κ3) is 3.96. The number of ether oxygens (including phenoxy) is 1. The fourth-order valence-corrected chi connectivity index (χ4v) is 4.45. The molecule has 0 aliphatic carbocycles. The molecule has 0 radical (unpaired) electrons. The second-order valence-corrected chi connectivity index (χ2v) is 8.65. The van der Waals surface area contributed by atoms with Crippen LogP contribution in [0.4, 0.5) is 27.5 Å². The molecule has 0 bridgehead atoms. The molecular weight excluding hydrogens is 394 g/mol. The van der Waals surface area contributed by atoms with Crippen LogP contribution in [0, 0.1) is 0 Å². The summed E-state index contributed by atoms with van der Waals surface area (Å²) in [5.74, 6) is 0. The summed E-state index contributed by atoms with van der Waals surface area (Å²) >= 11 is 1.68. The second kappa shape index (κ2) is 8.32. The van der Waals surface area contributed by atoms with Gasteiger partial charge in [0.25, 0.3) is 0 Å². The van der Waals surface area contributed by atoms with Crippen LogP contribution in [0.2, 0.25) is 0 Å². The molecular formula is C24H25N3O2S. The van der Waals surface area contributed by atoms with Crippen LogP contribution < -0.4 is 14.7 Å². The third-order valence-electron chi connectivity index (χ3n) is 5.01. The van der Waals surface area contributed by atoms with Crippen LogP contribution in [-0.2, 0) is 11.3 Å². The van der Waals surface area contributed by atoms with Gasteiger partial charge in [-0.2, -0.15) is 0 Å². The van der Waals surface area contributed by atoms with Crippen molar-refractivity contribution >= 4 is 40.6 Å². The number of fused-ring (bicyclic) bond motifs is 2. The molecule has 1 heterocycles. The lowest BCUT2D eigenvalue weighted by atomic mass is 10.2. The highest BCUT2D eigenvalue weighted by Gasteiger charge is 2.30. The van der Waals surface area contributed by atoms with Gasteiger partial charge in [0.15, 0.2) is 0 Å². The Balaban J connectivity index is 1.72. The summed E-state index contributed by atoms with van der Waals surface area (Å²) in [4.78, 5) is 21.1. The topological polar surface area (TPSA) is 36.0 Å². The molecule has 4 rings (SSSR count). The Hall–Kier alpha value is -3.12. The summed E-state index contributed by atoms with van der Waals surface area (Å²) in [6, 6.07) is 22.0. The summed E-state index contributed by atoms with van der Waals surface area (Å²) in [5, 5.41) is 0. The van der Waals surface area contributed by atoms with Crippen molar-refractivity contribution in [3.8, 4) is 0 Å². The zero-order chi connectivity index (χ0) is 21.3. The van der Waals surface area contributed by atoms with Crippen molar-refractivity contribution in [1.82, 2.24) is 0 Å². The fourth-order valence-electron chi connectivity index (χ4n) is 3.32. The van der Waals surface area contributed by atoms with Crippen LogP contribution >= 0.6 is 11.8 Å². The highest BCUT2D eigenvalue weighted by molar-refractivity contribution is 7.99. The van der Waals surface area contributed by atoms with Crippen molar-refractivity contribution in [1.29, 1.82) is 0 Å². The van der Waals surface area contributed by atoms with Crippen LogP contribution in [0.15, 0.2) is 76.5 Å². The maximum atomic E-state index is 13.2. The summed E-state index contributed by atoms with van der Waals surface area (Å²) in [6.45, 7) is 0.236. The molecule has 0 saturated heterocycles. The first-order chi connectivity index (χ1) is 14.4. The van der Waals surface area contributed by atoms with Gasteiger partial charge in [0.1, 0.15) is 6.61 Å². The molecule has 3 aromatic carbocycles. The van der Waals surface area contributed by atoms with E-state index < -0.39 is 0 Å². The van der Waals surface area contributed by atoms with Crippen molar-refractivity contribution in [3.05, 3.63) is 72.3 Å². The van der Waals surface area contributed by atoms with Crippen molar-refractivity contribution < 1.29 is 9.53 Å². The SMILES string of the molecule is CN(C)c1ccc2c(c1)Sc1cc(N(C)C)ccc1N2C(=O)OCc1ccccc1. The van der Waals surface area contributed by atoms with E-state index in [-0.39, 0.29) is 12.7 Å². The van der Waals surface area contributed by atoms with Gasteiger partial charge < -0.3 is 14.5 Å². The third-order valence-corrected chi connectivity index (χ3v) is 6.10. The normalized spacial score (nSPS) is 12.1. The number of hydrogen-bond donors (Lipinski definition) is 0. The molecule has 1 amide bonds. The van der Waals surface area contributed by atoms with Gasteiger partial charge in [0.05, 0.1) is 11.4 Å². The van der Waals surface area contributed by atoms with E-state index >= 15 is 0 Å². The number of benzene rings is 3. The lowest BCUT2D eigenvalue weighted by Gasteiger charge is -2.32. The minimum absolute atomic E-state index is 0.236. The molecule has 1 aliphatic rings. The Labute approximate surface area is 181 Å². The zero-order valence-corrected chi connectivity index (χ0v) is 18.4. The standard InChI is InChI=1S/C24H25N3O2S/c1-25(2)18-10-12-20-22(14-18)30-23-15-19(26(3)4)11-13-21(23)27(20)24(28)29-16-17-8-6-5-7-9-17/h5-15H,16H2,1-4H3. The summed E-state index contributed by atoms with van der Waals surface area (Å²) in [5.41, 5.74) is 4.82. The smallest absolute Gasteiger partial charge is 0.419 e. The molecule has 1 aliphatic heterocycles. The van der Waals surface area contributed by atoms with E-state index in [2.05, 4.69) is 21.9 Å². The highest BCUT2D eigenvalue weighted by Crippen LogP contribution is 2.50. The minimum Gasteiger partial charge on any atom is -0.444 e. The van der Waals surface area contributed by atoms with Crippen molar-refractivity contribution in [2.24, 2.45) is 0 Å². The van der Waals surface area contributed by atoms with E-state index in [0.29, 0.717) is 0 Å². The Morgan fingerprint density at radius 3 is 1.87 bits per heavy atom. The first-order valence-electron chi connectivity index (χ1n) is 9.75. The lowest BCUT2D eigenvalue weighted by Crippen LogP contribution is -2.29. The average molecular weight is 420 g/mol. The van der Waals surface area contributed by atoms with Crippen LogP contribution in [0.1, 0.15) is 5.56 Å². The van der Waals surface area contributed by atoms with E-state index in [1.54, 1.807) is 16.7 Å². The molecule has 0 N–H and O–H groups in total. The molecule has 0 aromatic heterocycles. The predicted octanol–water partition coefficient (Wildman–Crippen LogP) is 5.76. The number of hydrogen-bond acceptors (Lipinski definition) is 5. The van der Waals surface area contributed by atoms with E-state index in [4.69, 9.17) is 4.74 Å². The number of carbonyl (C=O) groups excluding carboxylic acids is 1. The largest absolute Gasteiger partial charge is 0.444 e. The van der Waals surface area contributed by atoms with Crippen molar-refractivity contribution in [2.45, 2.75) is 16.4 Å². The first-order valence-corrected chi connectivity index (χ1v) is 10.6. The Morgan fingerprint density at radius 1 is 0.833 bits per heavy atom. The fraction of sp³-hybridized carbons (Fsp3) is 0.208. The molecule has 3 aromatic rings. The number of carbonyl (C=O) groups is 1. The Morgan fingerprint density at radius 2 is 1.37 bits per heavy atom. The molecule has 0 fully saturated rings. The quantitative estimate of drug-likeness (QED) is 0.537. The maximum absolute atomic E-state index is 13.2. The monoisotopic (exact) mass is 419 g/mol. The summed E-state index contributed by atoms with van der Waals surface area (Å²) < 4.78 is 5.69. The Bertz CT molecular complexity index is 1010. The highest BCUT2D eigenvalue weighted by atomic mass is 32.2. The first kappa shape index (κ1) is 20.2. The molecule has 0 saturated carbocycles. The maximum Gasteiger partial charge on any atom is 0.419 e. The van der Waals surface area contributed by atoms with Gasteiger partial charge in [-0.25, -0.2) is 9.69 Å². The molecule has 154 valence electrons. The number of anilines is 4. The van der Waals surface area contributed by atoms with Crippen molar-refractivity contribution in [3.63, 3.8) is 0 Å². The van der Waals surface area contributed by atoms with Crippen LogP contribution in [0.25, 0.3) is 0 Å². The predicted molar refractivity (Wildman–Crippen MR) is 124 cm³/mol. The Kier molecular flexibility index (Phi) is 5.59. The van der Waals surface area contributed by atoms with Gasteiger partial charge in [-0.15, -0.1) is 0 Å². The molecule has 5 nitrogen and oxygen atoms in total. The van der Waals surface area contributed by atoms with Gasteiger partial charge in [-0.05, 0) is 42.0 Å². The molecule has 30 heavy (non-hydrogen) atoms. The van der Waals surface area contributed by atoms with Gasteiger partial charge >= 0.3 is 6.09 Å². The van der Waals surface area contributed by atoms with E-state index in [1.165, 1.54) is 0 Å². The average Bonchev–Trinajstić information content (AvgIpc) is 2.75. The van der Waals surface area contributed by atoms with E-state index in [9.17, 15) is 4.79 Å². The molecule has 6 heteroatoms. The summed E-state index contributed by atoms with van der Waals surface area (Å²) in [7, 11) is 8.05. The minimum atomic E-state index is -0.378. The number of amides is 1. The molecule has 0 atom stereocenters. The molecule has 0 unspecified atom stereocenters. The second-order valence-electron chi connectivity index (χ2n) is 7.57. The lowest BCUT2D eigenvalue weighted by molar-refractivity contribution is 0.149. The summed E-state index contributed by atoms with van der Waals surface area (Å²) in [6.07, 6.45) is -0.378. The van der Waals surface area contributed by atoms with Gasteiger partial charge in [-0.1, -0.05) is 42.1 Å². The van der Waals surface area contributed by atoms with Gasteiger partial charge in [-0.3, -0.25) is 0 Å². The van der Waals surface area contributed by atoms with Gasteiger partial charge in [0.2, 0.25) is 0 Å². The number of rotatable bonds is 4. The van der Waals surface area contributed by atoms with Gasteiger partial charge in [0, 0.05) is 49.4 Å². The van der Waals surface area contributed by atoms with Crippen LogP contribution in [-0.4, -0.2) is 34.3 Å². The van der Waals surface area contributed by atoms with Crippen LogP contribution in [0.5, 0.6) is 0 Å². The van der Waals surface area contributed by atoms with Crippen molar-refractivity contribution in [2.75, 3.05) is 42.9 Å². The van der Waals surface area contributed by atoms with E-state index in [1.807, 2.05) is 82.8 Å². The zero-order valence-electron chi connectivity index (χ0n) is 17.6. The van der Waals surface area contributed by atoms with Crippen LogP contribution in [0.3, 0.4) is 0 Å². The van der Waals surface area contributed by atoms with E-state index in [0.717, 1.165) is 38.1 Å². The number of nitrogens with zero attached hydrogens (tertiary/aromatic N) is 3. The molecule has 0 spiro atoms.